The van der Waals surface area contributed by atoms with Gasteiger partial charge in [0.1, 0.15) is 0 Å². The van der Waals surface area contributed by atoms with E-state index in [0.29, 0.717) is 0 Å². The second-order valence-corrected chi connectivity index (χ2v) is 13.9. The monoisotopic (exact) mass is 818 g/mol. The molecule has 0 spiro atoms. The molecule has 6 rings (SSSR count). The van der Waals surface area contributed by atoms with Gasteiger partial charge < -0.3 is 15.0 Å². The van der Waals surface area contributed by atoms with Crippen molar-refractivity contribution in [1.82, 2.24) is 4.98 Å². The Morgan fingerprint density at radius 2 is 1.56 bits per heavy atom. The van der Waals surface area contributed by atoms with Crippen LogP contribution in [0.5, 0.6) is 0 Å². The number of pyridine rings is 1. The van der Waals surface area contributed by atoms with Gasteiger partial charge in [-0.1, -0.05) is 102 Å². The van der Waals surface area contributed by atoms with Crippen molar-refractivity contribution in [1.29, 1.82) is 0 Å². The van der Waals surface area contributed by atoms with E-state index in [9.17, 15) is 9.90 Å². The number of allylic oxidation sites excluding steroid dienone is 2. The van der Waals surface area contributed by atoms with Crippen molar-refractivity contribution in [3.05, 3.63) is 109 Å². The summed E-state index contributed by atoms with van der Waals surface area (Å²) in [4.78, 5) is 19.1. The Bertz CT molecular complexity index is 1880. The van der Waals surface area contributed by atoms with Crippen LogP contribution in [0.3, 0.4) is 0 Å². The number of aliphatic hydroxyl groups is 1. The first kappa shape index (κ1) is 37.0. The molecule has 253 valence electrons. The number of carbonyl (C=O) groups excluding carboxylic acids is 1. The van der Waals surface area contributed by atoms with E-state index in [1.807, 2.05) is 40.0 Å². The molecule has 5 heteroatoms. The number of rotatable bonds is 9. The number of ketones is 1. The van der Waals surface area contributed by atoms with Gasteiger partial charge in [-0.05, 0) is 67.3 Å². The van der Waals surface area contributed by atoms with Gasteiger partial charge >= 0.3 is 0 Å². The van der Waals surface area contributed by atoms with E-state index in [1.54, 1.807) is 0 Å². The fourth-order valence-electron chi connectivity index (χ4n) is 6.75. The minimum Gasteiger partial charge on any atom is -0.512 e. The molecular formula is C43H49IrN2O2-. The SMILES string of the molecule is CC(C)(C)Cc1ccc2cnc3c(c2c1)N(c1ccccc1)c1cccc2cc[c-]c-3c12.CCC(CC)C(=O)/C=C(\O)C(CC)CC.[Ir]. The second-order valence-electron chi connectivity index (χ2n) is 13.9. The first-order valence-corrected chi connectivity index (χ1v) is 17.2. The molecule has 0 fully saturated rings. The summed E-state index contributed by atoms with van der Waals surface area (Å²) in [6, 6.07) is 31.7. The number of fused-ring (bicyclic) bond motifs is 4. The van der Waals surface area contributed by atoms with E-state index in [0.717, 1.165) is 60.1 Å². The standard InChI is InChI=1S/C30H25N2.C13H24O2.Ir/c1-30(2,3)18-20-15-16-22-19-31-28-24-13-7-9-21-10-8-14-26(27(21)24)32(29(28)25(22)17-20)23-11-5-4-6-12-23;1-5-10(6-2)12(14)9-13(15)11(7-3)8-4;/h4-12,14-17,19H,18H2,1-3H3;9-11,14H,5-8H2,1-4H3;/q-1;;/b;12-9-;. The van der Waals surface area contributed by atoms with Crippen molar-refractivity contribution in [2.24, 2.45) is 17.3 Å². The van der Waals surface area contributed by atoms with Crippen LogP contribution in [0.4, 0.5) is 17.1 Å². The minimum atomic E-state index is 0. The number of hydrogen-bond acceptors (Lipinski definition) is 4. The van der Waals surface area contributed by atoms with Crippen LogP contribution in [0.2, 0.25) is 0 Å². The zero-order valence-electron chi connectivity index (χ0n) is 29.4. The Balaban J connectivity index is 0.000000279. The van der Waals surface area contributed by atoms with Crippen molar-refractivity contribution in [3.8, 4) is 11.3 Å². The Morgan fingerprint density at radius 1 is 0.875 bits per heavy atom. The fourth-order valence-corrected chi connectivity index (χ4v) is 6.75. The molecule has 5 aromatic rings. The summed E-state index contributed by atoms with van der Waals surface area (Å²) in [6.07, 6.45) is 7.95. The molecule has 1 radical (unpaired) electrons. The van der Waals surface area contributed by atoms with Crippen LogP contribution in [-0.4, -0.2) is 15.9 Å². The van der Waals surface area contributed by atoms with Crippen LogP contribution in [0.1, 0.15) is 79.7 Å². The van der Waals surface area contributed by atoms with E-state index in [-0.39, 0.29) is 48.9 Å². The van der Waals surface area contributed by atoms with Gasteiger partial charge in [-0.2, -0.15) is 0 Å². The summed E-state index contributed by atoms with van der Waals surface area (Å²) in [5.74, 6) is 0.547. The largest absolute Gasteiger partial charge is 0.512 e. The van der Waals surface area contributed by atoms with Crippen molar-refractivity contribution >= 4 is 44.4 Å². The molecule has 4 nitrogen and oxygen atoms in total. The van der Waals surface area contributed by atoms with Crippen LogP contribution < -0.4 is 4.90 Å². The summed E-state index contributed by atoms with van der Waals surface area (Å²) >= 11 is 0. The van der Waals surface area contributed by atoms with E-state index in [1.165, 1.54) is 33.5 Å². The molecule has 0 unspecified atom stereocenters. The van der Waals surface area contributed by atoms with Crippen LogP contribution in [0.25, 0.3) is 32.8 Å². The summed E-state index contributed by atoms with van der Waals surface area (Å²) in [5, 5.41) is 14.6. The summed E-state index contributed by atoms with van der Waals surface area (Å²) < 4.78 is 0. The molecule has 0 atom stereocenters. The third kappa shape index (κ3) is 7.91. The van der Waals surface area contributed by atoms with Gasteiger partial charge in [0, 0.05) is 77.7 Å². The predicted molar refractivity (Wildman–Crippen MR) is 199 cm³/mol. The summed E-state index contributed by atoms with van der Waals surface area (Å²) in [5.41, 5.74) is 7.14. The van der Waals surface area contributed by atoms with E-state index >= 15 is 0 Å². The van der Waals surface area contributed by atoms with Crippen molar-refractivity contribution in [2.75, 3.05) is 4.90 Å². The Kier molecular flexibility index (Phi) is 12.4. The molecule has 1 aromatic heterocycles. The van der Waals surface area contributed by atoms with Gasteiger partial charge in [0.15, 0.2) is 5.78 Å². The van der Waals surface area contributed by atoms with Gasteiger partial charge in [-0.15, -0.1) is 23.8 Å². The van der Waals surface area contributed by atoms with Crippen molar-refractivity contribution < 1.29 is 30.0 Å². The molecule has 0 aliphatic carbocycles. The van der Waals surface area contributed by atoms with Crippen molar-refractivity contribution in [3.63, 3.8) is 0 Å². The Labute approximate surface area is 300 Å². The van der Waals surface area contributed by atoms with E-state index < -0.39 is 0 Å². The maximum absolute atomic E-state index is 11.7. The van der Waals surface area contributed by atoms with Crippen LogP contribution in [0.15, 0.2) is 96.9 Å². The van der Waals surface area contributed by atoms with Gasteiger partial charge in [0.05, 0.1) is 5.76 Å². The van der Waals surface area contributed by atoms with Gasteiger partial charge in [0.2, 0.25) is 0 Å². The molecule has 1 aliphatic rings. The molecule has 0 bridgehead atoms. The van der Waals surface area contributed by atoms with Crippen LogP contribution in [-0.2, 0) is 31.3 Å². The first-order chi connectivity index (χ1) is 22.6. The zero-order valence-corrected chi connectivity index (χ0v) is 31.8. The number of nitrogens with zero attached hydrogens (tertiary/aromatic N) is 2. The number of carbonyl (C=O) groups is 1. The Morgan fingerprint density at radius 3 is 2.21 bits per heavy atom. The smallest absolute Gasteiger partial charge is 0.162 e. The third-order valence-electron chi connectivity index (χ3n) is 9.28. The summed E-state index contributed by atoms with van der Waals surface area (Å²) in [7, 11) is 0. The van der Waals surface area contributed by atoms with Gasteiger partial charge in [0.25, 0.3) is 0 Å². The second kappa shape index (κ2) is 16.1. The van der Waals surface area contributed by atoms with Crippen molar-refractivity contribution in [2.45, 2.75) is 80.6 Å². The van der Waals surface area contributed by atoms with E-state index in [4.69, 9.17) is 4.98 Å². The predicted octanol–water partition coefficient (Wildman–Crippen LogP) is 12.1. The maximum Gasteiger partial charge on any atom is 0.162 e. The van der Waals surface area contributed by atoms with Gasteiger partial charge in [-0.25, -0.2) is 0 Å². The molecule has 48 heavy (non-hydrogen) atoms. The zero-order chi connectivity index (χ0) is 33.7. The number of hydrogen-bond donors (Lipinski definition) is 1. The molecule has 1 N–H and O–H groups in total. The minimum absolute atomic E-state index is 0. The molecule has 0 saturated carbocycles. The van der Waals surface area contributed by atoms with Gasteiger partial charge in [-0.3, -0.25) is 4.79 Å². The molecule has 4 aromatic carbocycles. The topological polar surface area (TPSA) is 53.4 Å². The van der Waals surface area contributed by atoms with Crippen LogP contribution in [0, 0.1) is 23.3 Å². The number of aromatic nitrogens is 1. The molecule has 1 aliphatic heterocycles. The fraction of sp³-hybridized carbons (Fsp3) is 0.349. The quantitative estimate of drug-likeness (QED) is 0.0897. The average Bonchev–Trinajstić information content (AvgIpc) is 3.06. The van der Waals surface area contributed by atoms with Crippen LogP contribution >= 0.6 is 0 Å². The molecule has 0 saturated heterocycles. The number of para-hydroxylation sites is 1. The normalized spacial score (nSPS) is 12.5. The number of aliphatic hydroxyl groups excluding tert-OH is 1. The molecular weight excluding hydrogens is 769 g/mol. The number of anilines is 3. The number of benzene rings is 4. The maximum atomic E-state index is 11.7. The molecule has 2 heterocycles. The summed E-state index contributed by atoms with van der Waals surface area (Å²) in [6.45, 7) is 15.0. The van der Waals surface area contributed by atoms with E-state index in [2.05, 4.69) is 105 Å². The Hall–Kier alpha value is -3.79. The third-order valence-corrected chi connectivity index (χ3v) is 9.28. The first-order valence-electron chi connectivity index (χ1n) is 17.2. The molecule has 0 amide bonds. The average molecular weight is 818 g/mol.